The molecule has 1 aliphatic carbocycles. The van der Waals surface area contributed by atoms with Crippen molar-refractivity contribution in [3.63, 3.8) is 0 Å². The standard InChI is InChI=1S/C28H24F3N3O5/c1-18-25(19-7-8-19)32-24-14-11-21(17-33(18)24)34(39-27(36)28(29,30)31)26(35)20-9-12-23(13-10-20)38-16-15-37-22-5-3-2-4-6-22/h2-6,9-14,17,19H,7-8,15-16H2,1H3. The van der Waals surface area contributed by atoms with Crippen molar-refractivity contribution >= 4 is 23.2 Å². The highest BCUT2D eigenvalue weighted by molar-refractivity contribution is 6.05. The minimum atomic E-state index is -5.30. The molecular formula is C28H24F3N3O5. The van der Waals surface area contributed by atoms with E-state index >= 15 is 0 Å². The number of fused-ring (bicyclic) bond motifs is 1. The number of hydroxylamine groups is 1. The van der Waals surface area contributed by atoms with Crippen LogP contribution in [0.1, 0.15) is 40.5 Å². The van der Waals surface area contributed by atoms with E-state index in [1.165, 1.54) is 36.5 Å². The van der Waals surface area contributed by atoms with E-state index in [2.05, 4.69) is 9.82 Å². The number of alkyl halides is 3. The van der Waals surface area contributed by atoms with Crippen molar-refractivity contribution in [1.82, 2.24) is 9.38 Å². The highest BCUT2D eigenvalue weighted by atomic mass is 19.4. The van der Waals surface area contributed by atoms with Gasteiger partial charge in [-0.1, -0.05) is 18.2 Å². The largest absolute Gasteiger partial charge is 0.493 e. The normalized spacial score (nSPS) is 13.2. The van der Waals surface area contributed by atoms with Crippen molar-refractivity contribution in [3.8, 4) is 11.5 Å². The maximum absolute atomic E-state index is 13.3. The van der Waals surface area contributed by atoms with E-state index in [0.717, 1.165) is 24.2 Å². The van der Waals surface area contributed by atoms with Crippen LogP contribution in [0.3, 0.4) is 0 Å². The molecule has 1 amide bonds. The molecule has 1 aliphatic rings. The highest BCUT2D eigenvalue weighted by Gasteiger charge is 2.44. The van der Waals surface area contributed by atoms with Crippen LogP contribution in [0.4, 0.5) is 18.9 Å². The first kappa shape index (κ1) is 26.1. The van der Waals surface area contributed by atoms with Crippen LogP contribution in [-0.2, 0) is 9.63 Å². The molecule has 0 radical (unpaired) electrons. The van der Waals surface area contributed by atoms with Crippen molar-refractivity contribution in [2.75, 3.05) is 18.3 Å². The first-order valence-electron chi connectivity index (χ1n) is 12.2. The smallest absolute Gasteiger partial charge is 0.490 e. The summed E-state index contributed by atoms with van der Waals surface area (Å²) in [7, 11) is 0. The van der Waals surface area contributed by atoms with Gasteiger partial charge in [0.25, 0.3) is 5.91 Å². The number of aromatic nitrogens is 2. The van der Waals surface area contributed by atoms with Crippen LogP contribution in [0.5, 0.6) is 11.5 Å². The van der Waals surface area contributed by atoms with Crippen LogP contribution in [0.15, 0.2) is 72.9 Å². The van der Waals surface area contributed by atoms with Crippen LogP contribution in [0.25, 0.3) is 5.65 Å². The Hall–Kier alpha value is -4.54. The first-order valence-corrected chi connectivity index (χ1v) is 12.2. The predicted octanol–water partition coefficient (Wildman–Crippen LogP) is 5.65. The van der Waals surface area contributed by atoms with Gasteiger partial charge in [-0.3, -0.25) is 4.79 Å². The molecule has 0 saturated heterocycles. The van der Waals surface area contributed by atoms with Gasteiger partial charge < -0.3 is 18.7 Å². The predicted molar refractivity (Wildman–Crippen MR) is 135 cm³/mol. The zero-order chi connectivity index (χ0) is 27.6. The number of anilines is 1. The number of imidazole rings is 1. The summed E-state index contributed by atoms with van der Waals surface area (Å²) in [6, 6.07) is 17.9. The summed E-state index contributed by atoms with van der Waals surface area (Å²) in [5.41, 5.74) is 2.21. The number of carbonyl (C=O) groups excluding carboxylic acids is 2. The molecule has 0 unspecified atom stereocenters. The second-order valence-electron chi connectivity index (χ2n) is 8.98. The van der Waals surface area contributed by atoms with Gasteiger partial charge in [0.15, 0.2) is 0 Å². The average molecular weight is 540 g/mol. The lowest BCUT2D eigenvalue weighted by Gasteiger charge is -2.22. The van der Waals surface area contributed by atoms with Gasteiger partial charge in [-0.05, 0) is 68.3 Å². The molecule has 2 heterocycles. The fraction of sp³-hybridized carbons (Fsp3) is 0.250. The molecule has 8 nitrogen and oxygen atoms in total. The maximum atomic E-state index is 13.3. The molecule has 0 bridgehead atoms. The maximum Gasteiger partial charge on any atom is 0.493 e. The fourth-order valence-electron chi connectivity index (χ4n) is 4.03. The summed E-state index contributed by atoms with van der Waals surface area (Å²) in [4.78, 5) is 34.2. The van der Waals surface area contributed by atoms with Crippen LogP contribution in [0.2, 0.25) is 0 Å². The lowest BCUT2D eigenvalue weighted by Crippen LogP contribution is -2.39. The van der Waals surface area contributed by atoms with E-state index in [1.807, 2.05) is 37.3 Å². The third-order valence-corrected chi connectivity index (χ3v) is 6.13. The van der Waals surface area contributed by atoms with Crippen molar-refractivity contribution in [2.24, 2.45) is 0 Å². The third kappa shape index (κ3) is 5.97. The summed E-state index contributed by atoms with van der Waals surface area (Å²) >= 11 is 0. The molecule has 5 rings (SSSR count). The molecule has 1 saturated carbocycles. The zero-order valence-electron chi connectivity index (χ0n) is 20.9. The summed E-state index contributed by atoms with van der Waals surface area (Å²) < 4.78 is 52.0. The van der Waals surface area contributed by atoms with Gasteiger partial charge >= 0.3 is 12.1 Å². The first-order chi connectivity index (χ1) is 18.7. The van der Waals surface area contributed by atoms with Gasteiger partial charge in [-0.25, -0.2) is 9.78 Å². The average Bonchev–Trinajstić information content (AvgIpc) is 3.73. The summed E-state index contributed by atoms with van der Waals surface area (Å²) in [6.07, 6.45) is -1.84. The number of aryl methyl sites for hydroxylation is 1. The number of pyridine rings is 1. The molecule has 2 aromatic carbocycles. The Morgan fingerprint density at radius 3 is 2.21 bits per heavy atom. The Morgan fingerprint density at radius 1 is 0.949 bits per heavy atom. The number of amides is 1. The number of carbonyl (C=O) groups is 2. The molecule has 1 fully saturated rings. The summed E-state index contributed by atoms with van der Waals surface area (Å²) in [6.45, 7) is 2.35. The van der Waals surface area contributed by atoms with E-state index in [4.69, 9.17) is 9.47 Å². The van der Waals surface area contributed by atoms with E-state index in [0.29, 0.717) is 28.1 Å². The molecule has 0 spiro atoms. The Labute approximate surface area is 221 Å². The third-order valence-electron chi connectivity index (χ3n) is 6.13. The van der Waals surface area contributed by atoms with Gasteiger partial charge in [0, 0.05) is 23.4 Å². The van der Waals surface area contributed by atoms with Gasteiger partial charge in [-0.2, -0.15) is 13.2 Å². The topological polar surface area (TPSA) is 82.4 Å². The van der Waals surface area contributed by atoms with E-state index in [1.54, 1.807) is 10.5 Å². The second-order valence-corrected chi connectivity index (χ2v) is 8.98. The number of ether oxygens (including phenoxy) is 2. The Bertz CT molecular complexity index is 1480. The van der Waals surface area contributed by atoms with Crippen molar-refractivity contribution in [2.45, 2.75) is 31.9 Å². The lowest BCUT2D eigenvalue weighted by molar-refractivity contribution is -0.200. The monoisotopic (exact) mass is 539 g/mol. The number of hydrogen-bond acceptors (Lipinski definition) is 6. The Kier molecular flexibility index (Phi) is 7.14. The quantitative estimate of drug-likeness (QED) is 0.213. The molecule has 39 heavy (non-hydrogen) atoms. The van der Waals surface area contributed by atoms with Gasteiger partial charge in [-0.15, -0.1) is 5.06 Å². The molecular weight excluding hydrogens is 515 g/mol. The van der Waals surface area contributed by atoms with Crippen molar-refractivity contribution in [3.05, 3.63) is 89.9 Å². The number of halogens is 3. The molecule has 0 aliphatic heterocycles. The number of benzene rings is 2. The molecule has 11 heteroatoms. The number of nitrogens with zero attached hydrogens (tertiary/aromatic N) is 3. The number of rotatable bonds is 8. The molecule has 4 aromatic rings. The molecule has 2 aromatic heterocycles. The van der Waals surface area contributed by atoms with E-state index in [-0.39, 0.29) is 24.5 Å². The SMILES string of the molecule is Cc1c(C2CC2)nc2ccc(N(OC(=O)C(F)(F)F)C(=O)c3ccc(OCCOc4ccccc4)cc3)cn12. The van der Waals surface area contributed by atoms with Crippen LogP contribution < -0.4 is 14.5 Å². The molecule has 0 atom stereocenters. The van der Waals surface area contributed by atoms with Gasteiger partial charge in [0.1, 0.15) is 36.0 Å². The number of hydrogen-bond donors (Lipinski definition) is 0. The van der Waals surface area contributed by atoms with Gasteiger partial charge in [0.05, 0.1) is 5.69 Å². The number of para-hydroxylation sites is 1. The lowest BCUT2D eigenvalue weighted by atomic mass is 10.2. The van der Waals surface area contributed by atoms with E-state index < -0.39 is 18.1 Å². The second kappa shape index (κ2) is 10.7. The highest BCUT2D eigenvalue weighted by Crippen LogP contribution is 2.41. The van der Waals surface area contributed by atoms with Crippen LogP contribution in [-0.4, -0.2) is 40.7 Å². The van der Waals surface area contributed by atoms with Crippen molar-refractivity contribution in [1.29, 1.82) is 0 Å². The summed E-state index contributed by atoms with van der Waals surface area (Å²) in [5, 5.41) is 0.342. The van der Waals surface area contributed by atoms with Crippen molar-refractivity contribution < 1.29 is 37.1 Å². The fourth-order valence-corrected chi connectivity index (χ4v) is 4.03. The van der Waals surface area contributed by atoms with E-state index in [9.17, 15) is 22.8 Å². The molecule has 0 N–H and O–H groups in total. The Balaban J connectivity index is 1.33. The zero-order valence-corrected chi connectivity index (χ0v) is 20.9. The Morgan fingerprint density at radius 2 is 1.59 bits per heavy atom. The molecule has 202 valence electrons. The van der Waals surface area contributed by atoms with Crippen LogP contribution >= 0.6 is 0 Å². The minimum absolute atomic E-state index is 0.0148. The van der Waals surface area contributed by atoms with Crippen LogP contribution in [0, 0.1) is 6.92 Å². The minimum Gasteiger partial charge on any atom is -0.490 e. The summed E-state index contributed by atoms with van der Waals surface area (Å²) in [5.74, 6) is -2.02. The van der Waals surface area contributed by atoms with Gasteiger partial charge in [0.2, 0.25) is 0 Å².